The smallest absolute Gasteiger partial charge is 0.337 e. The van der Waals surface area contributed by atoms with Gasteiger partial charge < -0.3 is 9.26 Å². The van der Waals surface area contributed by atoms with Crippen molar-refractivity contribution in [1.82, 2.24) is 5.09 Å². The van der Waals surface area contributed by atoms with Gasteiger partial charge in [-0.15, -0.1) is 11.8 Å². The number of carbonyl (C=O) groups excluding carboxylic acids is 1. The molecule has 0 aliphatic carbocycles. The fourth-order valence-corrected chi connectivity index (χ4v) is 4.57. The van der Waals surface area contributed by atoms with E-state index in [2.05, 4.69) is 5.09 Å². The maximum atomic E-state index is 12.3. The number of halogens is 1. The van der Waals surface area contributed by atoms with E-state index in [-0.39, 0.29) is 12.1 Å². The molecule has 1 N–H and O–H groups in total. The number of ether oxygens (including phenoxy) is 1. The highest BCUT2D eigenvalue weighted by molar-refractivity contribution is 8.01. The predicted octanol–water partition coefficient (Wildman–Crippen LogP) is 5.30. The Labute approximate surface area is 152 Å². The first-order valence-corrected chi connectivity index (χ1v) is 10.9. The van der Waals surface area contributed by atoms with Gasteiger partial charge in [-0.3, -0.25) is 0 Å². The van der Waals surface area contributed by atoms with Gasteiger partial charge in [0.1, 0.15) is 5.75 Å². The molecule has 2 rings (SSSR count). The van der Waals surface area contributed by atoms with Crippen molar-refractivity contribution in [3.63, 3.8) is 0 Å². The van der Waals surface area contributed by atoms with Crippen LogP contribution in [0.4, 0.5) is 0 Å². The van der Waals surface area contributed by atoms with Crippen molar-refractivity contribution in [2.45, 2.75) is 31.7 Å². The zero-order valence-electron chi connectivity index (χ0n) is 14.1. The van der Waals surface area contributed by atoms with E-state index in [1.165, 1.54) is 11.8 Å². The van der Waals surface area contributed by atoms with Crippen LogP contribution in [-0.4, -0.2) is 23.2 Å². The Balaban J connectivity index is 2.13. The zero-order valence-corrected chi connectivity index (χ0v) is 16.5. The summed E-state index contributed by atoms with van der Waals surface area (Å²) in [5.41, 5.74) is 0. The highest BCUT2D eigenvalue weighted by atomic mass is 35.7. The predicted molar refractivity (Wildman–Crippen MR) is 104 cm³/mol. The maximum absolute atomic E-state index is 12.3. The molecule has 0 aliphatic rings. The third kappa shape index (κ3) is 4.76. The SMILES string of the molecule is CSC(C)(NP(Cl)Oc1cccc2ccccc12)C(=O)OC(C)C. The average Bonchev–Trinajstić information content (AvgIpc) is 2.54. The zero-order chi connectivity index (χ0) is 17.7. The molecule has 0 amide bonds. The van der Waals surface area contributed by atoms with Crippen molar-refractivity contribution in [2.24, 2.45) is 0 Å². The van der Waals surface area contributed by atoms with Gasteiger partial charge in [0.25, 0.3) is 7.65 Å². The summed E-state index contributed by atoms with van der Waals surface area (Å²) >= 11 is 7.70. The highest BCUT2D eigenvalue weighted by Crippen LogP contribution is 2.45. The normalized spacial score (nSPS) is 15.1. The van der Waals surface area contributed by atoms with Gasteiger partial charge in [0.2, 0.25) is 0 Å². The van der Waals surface area contributed by atoms with E-state index < -0.39 is 12.5 Å². The molecule has 0 aliphatic heterocycles. The standard InChI is InChI=1S/C17H21ClNO3PS/c1-12(2)21-16(20)17(3,24-4)19-23(18)22-15-11-7-9-13-8-5-6-10-14(13)15/h5-12,19H,1-4H3. The van der Waals surface area contributed by atoms with Crippen LogP contribution in [0.5, 0.6) is 5.75 Å². The summed E-state index contributed by atoms with van der Waals surface area (Å²) < 4.78 is 11.2. The van der Waals surface area contributed by atoms with Gasteiger partial charge in [0.05, 0.1) is 6.10 Å². The molecule has 2 aromatic rings. The molecule has 0 radical (unpaired) electrons. The van der Waals surface area contributed by atoms with Crippen molar-refractivity contribution in [1.29, 1.82) is 0 Å². The Morgan fingerprint density at radius 3 is 2.58 bits per heavy atom. The number of esters is 1. The van der Waals surface area contributed by atoms with Crippen LogP contribution < -0.4 is 9.61 Å². The van der Waals surface area contributed by atoms with E-state index in [0.717, 1.165) is 10.8 Å². The number of benzene rings is 2. The quantitative estimate of drug-likeness (QED) is 0.398. The van der Waals surface area contributed by atoms with Crippen LogP contribution >= 0.6 is 30.7 Å². The van der Waals surface area contributed by atoms with Crippen LogP contribution in [0.1, 0.15) is 20.8 Å². The third-order valence-corrected chi connectivity index (χ3v) is 6.05. The number of carbonyl (C=O) groups is 1. The fraction of sp³-hybridized carbons (Fsp3) is 0.353. The van der Waals surface area contributed by atoms with E-state index >= 15 is 0 Å². The summed E-state index contributed by atoms with van der Waals surface area (Å²) in [6.45, 7) is 5.37. The summed E-state index contributed by atoms with van der Waals surface area (Å²) in [4.78, 5) is 11.3. The lowest BCUT2D eigenvalue weighted by Crippen LogP contribution is -2.45. The molecular weight excluding hydrogens is 365 g/mol. The first-order valence-electron chi connectivity index (χ1n) is 7.51. The number of hydrogen-bond acceptors (Lipinski definition) is 5. The first kappa shape index (κ1) is 19.3. The Morgan fingerprint density at radius 2 is 1.92 bits per heavy atom. The van der Waals surface area contributed by atoms with Crippen LogP contribution in [0.25, 0.3) is 10.8 Å². The van der Waals surface area contributed by atoms with Crippen LogP contribution in [-0.2, 0) is 9.53 Å². The number of nitrogens with one attached hydrogen (secondary N) is 1. The van der Waals surface area contributed by atoms with Crippen LogP contribution in [0, 0.1) is 0 Å². The summed E-state index contributed by atoms with van der Waals surface area (Å²) in [7, 11) is -1.58. The number of fused-ring (bicyclic) bond motifs is 1. The molecule has 130 valence electrons. The second-order valence-corrected chi connectivity index (χ2v) is 8.66. The Hall–Kier alpha value is -1.00. The molecule has 0 saturated heterocycles. The molecule has 4 nitrogen and oxygen atoms in total. The summed E-state index contributed by atoms with van der Waals surface area (Å²) in [5.74, 6) is 0.321. The topological polar surface area (TPSA) is 47.6 Å². The fourth-order valence-electron chi connectivity index (χ4n) is 2.05. The monoisotopic (exact) mass is 385 g/mol. The third-order valence-electron chi connectivity index (χ3n) is 3.37. The van der Waals surface area contributed by atoms with Gasteiger partial charge in [-0.05, 0) is 49.7 Å². The van der Waals surface area contributed by atoms with Gasteiger partial charge in [-0.25, -0.2) is 9.88 Å². The molecule has 0 bridgehead atoms. The first-order chi connectivity index (χ1) is 11.4. The van der Waals surface area contributed by atoms with E-state index in [0.29, 0.717) is 5.75 Å². The molecule has 0 saturated carbocycles. The summed E-state index contributed by atoms with van der Waals surface area (Å²) in [6, 6.07) is 13.7. The minimum absolute atomic E-state index is 0.189. The molecule has 7 heteroatoms. The molecule has 2 atom stereocenters. The van der Waals surface area contributed by atoms with E-state index in [9.17, 15) is 4.79 Å². The van der Waals surface area contributed by atoms with E-state index in [1.807, 2.05) is 62.6 Å². The Kier molecular flexibility index (Phi) is 6.76. The van der Waals surface area contributed by atoms with Gasteiger partial charge >= 0.3 is 5.97 Å². The van der Waals surface area contributed by atoms with Gasteiger partial charge in [-0.2, -0.15) is 0 Å². The van der Waals surface area contributed by atoms with Gasteiger partial charge in [-0.1, -0.05) is 36.4 Å². The van der Waals surface area contributed by atoms with Crippen molar-refractivity contribution >= 4 is 47.4 Å². The van der Waals surface area contributed by atoms with Crippen molar-refractivity contribution in [3.8, 4) is 5.75 Å². The minimum atomic E-state index is -1.58. The lowest BCUT2D eigenvalue weighted by atomic mass is 10.1. The second-order valence-electron chi connectivity index (χ2n) is 5.62. The summed E-state index contributed by atoms with van der Waals surface area (Å²) in [5, 5.41) is 5.11. The number of thioether (sulfide) groups is 1. The lowest BCUT2D eigenvalue weighted by Gasteiger charge is -2.29. The summed E-state index contributed by atoms with van der Waals surface area (Å²) in [6.07, 6.45) is 1.64. The molecule has 2 aromatic carbocycles. The lowest BCUT2D eigenvalue weighted by molar-refractivity contribution is -0.150. The second kappa shape index (κ2) is 8.39. The van der Waals surface area contributed by atoms with Crippen LogP contribution in [0.2, 0.25) is 0 Å². The Bertz CT molecular complexity index is 710. The van der Waals surface area contributed by atoms with Gasteiger partial charge in [0.15, 0.2) is 4.87 Å². The molecule has 0 aromatic heterocycles. The average molecular weight is 386 g/mol. The molecule has 0 spiro atoms. The molecular formula is C17H21ClNO3PS. The van der Waals surface area contributed by atoms with Crippen LogP contribution in [0.3, 0.4) is 0 Å². The number of hydrogen-bond donors (Lipinski definition) is 1. The largest absolute Gasteiger partial charge is 0.461 e. The minimum Gasteiger partial charge on any atom is -0.461 e. The number of rotatable bonds is 7. The van der Waals surface area contributed by atoms with Crippen molar-refractivity contribution < 1.29 is 14.1 Å². The molecule has 0 heterocycles. The van der Waals surface area contributed by atoms with E-state index in [1.54, 1.807) is 6.92 Å². The van der Waals surface area contributed by atoms with Gasteiger partial charge in [0, 0.05) is 5.39 Å². The molecule has 2 unspecified atom stereocenters. The van der Waals surface area contributed by atoms with Crippen LogP contribution in [0.15, 0.2) is 42.5 Å². The van der Waals surface area contributed by atoms with Crippen molar-refractivity contribution in [3.05, 3.63) is 42.5 Å². The molecule has 0 fully saturated rings. The van der Waals surface area contributed by atoms with E-state index in [4.69, 9.17) is 20.5 Å². The maximum Gasteiger partial charge on any atom is 0.337 e. The molecule has 24 heavy (non-hydrogen) atoms. The Morgan fingerprint density at radius 1 is 1.25 bits per heavy atom. The van der Waals surface area contributed by atoms with Crippen molar-refractivity contribution in [2.75, 3.05) is 6.26 Å². The highest BCUT2D eigenvalue weighted by Gasteiger charge is 2.37.